The maximum atomic E-state index is 13.3. The Kier molecular flexibility index (Phi) is 7.41. The van der Waals surface area contributed by atoms with Gasteiger partial charge in [-0.1, -0.05) is 86.6 Å². The Morgan fingerprint density at radius 1 is 1.03 bits per heavy atom. The summed E-state index contributed by atoms with van der Waals surface area (Å²) in [4.78, 5) is 13.3. The van der Waals surface area contributed by atoms with Crippen LogP contribution in [0, 0.1) is 17.8 Å². The zero-order chi connectivity index (χ0) is 24.7. The highest BCUT2D eigenvalue weighted by molar-refractivity contribution is 5.80. The topological polar surface area (TPSA) is 81.4 Å². The SMILES string of the molecule is CC#CCc1cn(CCC2CCCCC2)c(=O)n1Cc1ccc(-c2ccccc2-c2nn[nH]n2)cc1. The van der Waals surface area contributed by atoms with E-state index >= 15 is 0 Å². The van der Waals surface area contributed by atoms with Crippen molar-refractivity contribution in [2.75, 3.05) is 0 Å². The van der Waals surface area contributed by atoms with Gasteiger partial charge in [0.05, 0.1) is 18.7 Å². The van der Waals surface area contributed by atoms with Crippen molar-refractivity contribution in [2.24, 2.45) is 5.92 Å². The molecule has 7 nitrogen and oxygen atoms in total. The molecule has 0 saturated heterocycles. The third kappa shape index (κ3) is 5.33. The standard InChI is InChI=1S/C29H32N6O/c1-2-3-11-25-21-34(19-18-22-9-5-4-6-10-22)29(36)35(25)20-23-14-16-24(17-15-23)26-12-7-8-13-27(26)28-30-32-33-31-28/h7-8,12-17,21-22H,4-6,9-11,18-20H2,1H3,(H,30,31,32,33). The van der Waals surface area contributed by atoms with Crippen LogP contribution in [0.1, 0.15) is 56.7 Å². The molecule has 184 valence electrons. The molecule has 1 aliphatic rings. The van der Waals surface area contributed by atoms with E-state index in [0.29, 0.717) is 18.8 Å². The Morgan fingerprint density at radius 2 is 1.81 bits per heavy atom. The molecule has 2 aromatic heterocycles. The minimum Gasteiger partial charge on any atom is -0.299 e. The number of rotatable bonds is 8. The largest absolute Gasteiger partial charge is 0.328 e. The molecule has 1 saturated carbocycles. The van der Waals surface area contributed by atoms with Gasteiger partial charge in [-0.05, 0) is 41.2 Å². The highest BCUT2D eigenvalue weighted by atomic mass is 16.1. The lowest BCUT2D eigenvalue weighted by atomic mass is 9.87. The van der Waals surface area contributed by atoms with Crippen molar-refractivity contribution in [2.45, 2.75) is 65.0 Å². The van der Waals surface area contributed by atoms with Crippen molar-refractivity contribution in [3.05, 3.63) is 76.5 Å². The van der Waals surface area contributed by atoms with Gasteiger partial charge >= 0.3 is 5.69 Å². The first-order chi connectivity index (χ1) is 17.7. The first-order valence-corrected chi connectivity index (χ1v) is 12.8. The lowest BCUT2D eigenvalue weighted by Gasteiger charge is -2.21. The molecule has 4 aromatic rings. The van der Waals surface area contributed by atoms with Crippen molar-refractivity contribution < 1.29 is 0 Å². The maximum Gasteiger partial charge on any atom is 0.328 e. The van der Waals surface area contributed by atoms with E-state index in [0.717, 1.165) is 46.8 Å². The van der Waals surface area contributed by atoms with Crippen molar-refractivity contribution in [1.29, 1.82) is 0 Å². The van der Waals surface area contributed by atoms with Crippen molar-refractivity contribution >= 4 is 0 Å². The summed E-state index contributed by atoms with van der Waals surface area (Å²) in [5.41, 5.74) is 5.14. The monoisotopic (exact) mass is 480 g/mol. The molecule has 2 aromatic carbocycles. The van der Waals surface area contributed by atoms with Crippen molar-refractivity contribution in [3.8, 4) is 34.4 Å². The van der Waals surface area contributed by atoms with E-state index in [1.165, 1.54) is 32.1 Å². The number of nitrogens with zero attached hydrogens (tertiary/aromatic N) is 5. The van der Waals surface area contributed by atoms with Gasteiger partial charge in [-0.15, -0.1) is 16.1 Å². The summed E-state index contributed by atoms with van der Waals surface area (Å²) in [7, 11) is 0. The number of tetrazole rings is 1. The summed E-state index contributed by atoms with van der Waals surface area (Å²) < 4.78 is 3.78. The Balaban J connectivity index is 1.37. The van der Waals surface area contributed by atoms with Gasteiger partial charge in [0, 0.05) is 18.3 Å². The fourth-order valence-electron chi connectivity index (χ4n) is 5.21. The molecule has 0 bridgehead atoms. The zero-order valence-corrected chi connectivity index (χ0v) is 20.8. The molecule has 0 spiro atoms. The van der Waals surface area contributed by atoms with Crippen LogP contribution in [-0.2, 0) is 19.5 Å². The van der Waals surface area contributed by atoms with E-state index in [1.807, 2.05) is 40.5 Å². The van der Waals surface area contributed by atoms with Crippen LogP contribution in [0.25, 0.3) is 22.5 Å². The fraction of sp³-hybridized carbons (Fsp3) is 0.379. The summed E-state index contributed by atoms with van der Waals surface area (Å²) in [6.07, 6.45) is 10.3. The number of hydrogen-bond donors (Lipinski definition) is 1. The molecule has 5 rings (SSSR count). The van der Waals surface area contributed by atoms with Gasteiger partial charge in [0.25, 0.3) is 0 Å². The van der Waals surface area contributed by atoms with Gasteiger partial charge in [0.15, 0.2) is 0 Å². The highest BCUT2D eigenvalue weighted by Crippen LogP contribution is 2.30. The quantitative estimate of drug-likeness (QED) is 0.357. The van der Waals surface area contributed by atoms with Gasteiger partial charge < -0.3 is 0 Å². The predicted octanol–water partition coefficient (Wildman–Crippen LogP) is 5.08. The Morgan fingerprint density at radius 3 is 2.53 bits per heavy atom. The summed E-state index contributed by atoms with van der Waals surface area (Å²) in [5, 5.41) is 14.5. The van der Waals surface area contributed by atoms with E-state index in [-0.39, 0.29) is 5.69 Å². The number of nitrogens with one attached hydrogen (secondary N) is 1. The van der Waals surface area contributed by atoms with Gasteiger partial charge in [-0.2, -0.15) is 5.21 Å². The Hall–Kier alpha value is -3.92. The molecular formula is C29H32N6O. The Bertz CT molecular complexity index is 1400. The number of hydrogen-bond acceptors (Lipinski definition) is 4. The van der Waals surface area contributed by atoms with Crippen LogP contribution in [-0.4, -0.2) is 29.8 Å². The fourth-order valence-corrected chi connectivity index (χ4v) is 5.21. The van der Waals surface area contributed by atoms with Gasteiger partial charge in [-0.3, -0.25) is 9.13 Å². The van der Waals surface area contributed by atoms with Gasteiger partial charge in [-0.25, -0.2) is 4.79 Å². The minimum atomic E-state index is 0.0604. The van der Waals surface area contributed by atoms with E-state index < -0.39 is 0 Å². The number of aryl methyl sites for hydroxylation is 1. The Labute approximate surface area is 211 Å². The van der Waals surface area contributed by atoms with Crippen LogP contribution in [0.4, 0.5) is 0 Å². The van der Waals surface area contributed by atoms with Gasteiger partial charge in [0.1, 0.15) is 0 Å². The van der Waals surface area contributed by atoms with Crippen LogP contribution in [0.15, 0.2) is 59.5 Å². The predicted molar refractivity (Wildman–Crippen MR) is 141 cm³/mol. The van der Waals surface area contributed by atoms with Crippen molar-refractivity contribution in [1.82, 2.24) is 29.8 Å². The third-order valence-corrected chi connectivity index (χ3v) is 7.20. The van der Waals surface area contributed by atoms with Crippen LogP contribution in [0.3, 0.4) is 0 Å². The summed E-state index contributed by atoms with van der Waals surface area (Å²) in [5.74, 6) is 7.43. The molecule has 36 heavy (non-hydrogen) atoms. The smallest absolute Gasteiger partial charge is 0.299 e. The highest BCUT2D eigenvalue weighted by Gasteiger charge is 2.16. The molecule has 0 unspecified atom stereocenters. The minimum absolute atomic E-state index is 0.0604. The maximum absolute atomic E-state index is 13.3. The molecule has 0 radical (unpaired) electrons. The first-order valence-electron chi connectivity index (χ1n) is 12.8. The molecule has 1 fully saturated rings. The number of aromatic amines is 1. The van der Waals surface area contributed by atoms with E-state index in [2.05, 4.69) is 62.8 Å². The summed E-state index contributed by atoms with van der Waals surface area (Å²) in [6.45, 7) is 3.16. The van der Waals surface area contributed by atoms with Crippen LogP contribution in [0.5, 0.6) is 0 Å². The molecule has 7 heteroatoms. The average Bonchev–Trinajstić information content (AvgIpc) is 3.56. The van der Waals surface area contributed by atoms with E-state index in [4.69, 9.17) is 0 Å². The normalized spacial score (nSPS) is 13.9. The molecule has 0 atom stereocenters. The average molecular weight is 481 g/mol. The lowest BCUT2D eigenvalue weighted by Crippen LogP contribution is -2.26. The molecule has 1 aliphatic carbocycles. The summed E-state index contributed by atoms with van der Waals surface area (Å²) >= 11 is 0. The molecule has 0 aliphatic heterocycles. The zero-order valence-electron chi connectivity index (χ0n) is 20.8. The molecule has 0 amide bonds. The molecule has 1 N–H and O–H groups in total. The molecule has 2 heterocycles. The second kappa shape index (κ2) is 11.2. The summed E-state index contributed by atoms with van der Waals surface area (Å²) in [6, 6.07) is 16.4. The number of aromatic nitrogens is 6. The van der Waals surface area contributed by atoms with E-state index in [9.17, 15) is 4.79 Å². The van der Waals surface area contributed by atoms with Crippen molar-refractivity contribution in [3.63, 3.8) is 0 Å². The third-order valence-electron chi connectivity index (χ3n) is 7.20. The van der Waals surface area contributed by atoms with Crippen LogP contribution >= 0.6 is 0 Å². The van der Waals surface area contributed by atoms with Gasteiger partial charge in [0.2, 0.25) is 5.82 Å². The second-order valence-corrected chi connectivity index (χ2v) is 9.56. The van der Waals surface area contributed by atoms with Crippen LogP contribution in [0.2, 0.25) is 0 Å². The number of H-pyrrole nitrogens is 1. The second-order valence-electron chi connectivity index (χ2n) is 9.56. The first kappa shape index (κ1) is 23.8. The number of benzene rings is 2. The van der Waals surface area contributed by atoms with E-state index in [1.54, 1.807) is 0 Å². The lowest BCUT2D eigenvalue weighted by molar-refractivity contribution is 0.322. The number of imidazole rings is 1. The van der Waals surface area contributed by atoms with Crippen LogP contribution < -0.4 is 5.69 Å². The molecular weight excluding hydrogens is 448 g/mol.